The number of allylic oxidation sites excluding steroid dienone is 1. The topological polar surface area (TPSA) is 44.7 Å². The number of rotatable bonds is 5. The fourth-order valence-electron chi connectivity index (χ4n) is 4.35. The number of hydrogen-bond donors (Lipinski definition) is 1. The molecule has 0 spiro atoms. The number of hydrazone groups is 1. The first-order chi connectivity index (χ1) is 14.9. The van der Waals surface area contributed by atoms with Gasteiger partial charge in [-0.05, 0) is 69.5 Å². The number of nitrogens with one attached hydrogen (secondary N) is 1. The molecule has 0 aliphatic carbocycles. The van der Waals surface area contributed by atoms with Crippen LogP contribution in [0.5, 0.6) is 0 Å². The van der Waals surface area contributed by atoms with Crippen molar-refractivity contribution < 1.29 is 18.0 Å². The van der Waals surface area contributed by atoms with E-state index in [1.807, 2.05) is 12.1 Å². The van der Waals surface area contributed by atoms with Gasteiger partial charge in [0, 0.05) is 17.3 Å². The van der Waals surface area contributed by atoms with Gasteiger partial charge < -0.3 is 4.90 Å². The molecule has 1 amide bonds. The van der Waals surface area contributed by atoms with E-state index in [0.717, 1.165) is 28.9 Å². The molecule has 1 heterocycles. The molecule has 2 aromatic rings. The van der Waals surface area contributed by atoms with Gasteiger partial charge in [-0.2, -0.15) is 18.3 Å². The molecule has 1 N–H and O–H groups in total. The molecular formula is C25H28F3N3O. The molecule has 0 aromatic heterocycles. The van der Waals surface area contributed by atoms with E-state index in [2.05, 4.69) is 62.2 Å². The smallest absolute Gasteiger partial charge is 0.360 e. The van der Waals surface area contributed by atoms with Crippen LogP contribution in [0.1, 0.15) is 56.9 Å². The highest BCUT2D eigenvalue weighted by molar-refractivity contribution is 5.88. The summed E-state index contributed by atoms with van der Waals surface area (Å²) in [5, 5.41) is 3.99. The summed E-state index contributed by atoms with van der Waals surface area (Å²) in [5.41, 5.74) is 6.04. The predicted octanol–water partition coefficient (Wildman–Crippen LogP) is 5.81. The summed E-state index contributed by atoms with van der Waals surface area (Å²) >= 11 is 0. The standard InChI is InChI=1S/C25H28F3N3O/c1-16(2)31-22-10-9-19(12-21(22)17(3)14-24(31,4)5)15-29-30-23(32)13-18-7-6-8-20(11-18)25(26,27)28/h6-12,14-16H,13H2,1-5H3,(H,30,32)/b29-15-. The Morgan fingerprint density at radius 1 is 1.19 bits per heavy atom. The normalized spacial score (nSPS) is 15.7. The lowest BCUT2D eigenvalue weighted by molar-refractivity contribution is -0.137. The van der Waals surface area contributed by atoms with Crippen LogP contribution in [-0.2, 0) is 17.4 Å². The third-order valence-corrected chi connectivity index (χ3v) is 5.43. The minimum Gasteiger partial charge on any atom is -0.360 e. The highest BCUT2D eigenvalue weighted by atomic mass is 19.4. The molecule has 0 saturated carbocycles. The molecule has 32 heavy (non-hydrogen) atoms. The Morgan fingerprint density at radius 2 is 1.91 bits per heavy atom. The molecule has 2 aromatic carbocycles. The van der Waals surface area contributed by atoms with Crippen molar-refractivity contribution in [2.75, 3.05) is 4.90 Å². The van der Waals surface area contributed by atoms with Crippen LogP contribution in [0.4, 0.5) is 18.9 Å². The number of carbonyl (C=O) groups excluding carboxylic acids is 1. The fraction of sp³-hybridized carbons (Fsp3) is 0.360. The lowest BCUT2D eigenvalue weighted by atomic mass is 9.87. The Balaban J connectivity index is 1.71. The summed E-state index contributed by atoms with van der Waals surface area (Å²) < 4.78 is 38.5. The van der Waals surface area contributed by atoms with E-state index in [0.29, 0.717) is 6.04 Å². The summed E-state index contributed by atoms with van der Waals surface area (Å²) in [4.78, 5) is 14.5. The zero-order valence-corrected chi connectivity index (χ0v) is 18.9. The van der Waals surface area contributed by atoms with Crippen LogP contribution < -0.4 is 10.3 Å². The van der Waals surface area contributed by atoms with Crippen molar-refractivity contribution in [2.45, 2.75) is 58.8 Å². The molecule has 0 atom stereocenters. The van der Waals surface area contributed by atoms with Gasteiger partial charge in [0.05, 0.1) is 23.7 Å². The number of halogens is 3. The number of nitrogens with zero attached hydrogens (tertiary/aromatic N) is 2. The van der Waals surface area contributed by atoms with Crippen molar-refractivity contribution in [1.29, 1.82) is 0 Å². The Bertz CT molecular complexity index is 1070. The van der Waals surface area contributed by atoms with E-state index >= 15 is 0 Å². The van der Waals surface area contributed by atoms with Gasteiger partial charge in [-0.25, -0.2) is 5.43 Å². The molecule has 4 nitrogen and oxygen atoms in total. The Morgan fingerprint density at radius 3 is 2.56 bits per heavy atom. The van der Waals surface area contributed by atoms with Crippen molar-refractivity contribution in [3.8, 4) is 0 Å². The number of anilines is 1. The van der Waals surface area contributed by atoms with E-state index in [-0.39, 0.29) is 17.5 Å². The van der Waals surface area contributed by atoms with E-state index in [1.165, 1.54) is 23.9 Å². The minimum atomic E-state index is -4.44. The Kier molecular flexibility index (Phi) is 6.49. The third kappa shape index (κ3) is 5.21. The molecule has 0 unspecified atom stereocenters. The van der Waals surface area contributed by atoms with Crippen molar-refractivity contribution in [3.63, 3.8) is 0 Å². The lowest BCUT2D eigenvalue weighted by Crippen LogP contribution is -2.49. The van der Waals surface area contributed by atoms with Crippen LogP contribution in [0.15, 0.2) is 53.6 Å². The first-order valence-corrected chi connectivity index (χ1v) is 10.5. The Hall–Kier alpha value is -3.09. The maximum atomic E-state index is 12.8. The monoisotopic (exact) mass is 443 g/mol. The second-order valence-corrected chi connectivity index (χ2v) is 8.89. The molecule has 1 aliphatic heterocycles. The number of alkyl halides is 3. The molecule has 0 bridgehead atoms. The average molecular weight is 444 g/mol. The maximum Gasteiger partial charge on any atom is 0.416 e. The first kappa shape index (κ1) is 23.6. The van der Waals surface area contributed by atoms with Crippen molar-refractivity contribution in [3.05, 3.63) is 70.8 Å². The fourth-order valence-corrected chi connectivity index (χ4v) is 4.35. The number of carbonyl (C=O) groups is 1. The molecule has 0 radical (unpaired) electrons. The second-order valence-electron chi connectivity index (χ2n) is 8.89. The van der Waals surface area contributed by atoms with Crippen LogP contribution >= 0.6 is 0 Å². The quantitative estimate of drug-likeness (QED) is 0.468. The largest absolute Gasteiger partial charge is 0.416 e. The van der Waals surface area contributed by atoms with Gasteiger partial charge in [0.15, 0.2) is 0 Å². The number of hydrogen-bond acceptors (Lipinski definition) is 3. The van der Waals surface area contributed by atoms with Gasteiger partial charge in [-0.15, -0.1) is 0 Å². The SMILES string of the molecule is CC1=CC(C)(C)N(C(C)C)c2ccc(/C=N\NC(=O)Cc3cccc(C(F)(F)F)c3)cc21. The van der Waals surface area contributed by atoms with Crippen LogP contribution in [-0.4, -0.2) is 23.7 Å². The van der Waals surface area contributed by atoms with Gasteiger partial charge in [0.1, 0.15) is 0 Å². The highest BCUT2D eigenvalue weighted by Crippen LogP contribution is 2.40. The number of fused-ring (bicyclic) bond motifs is 1. The number of amides is 1. The first-order valence-electron chi connectivity index (χ1n) is 10.5. The van der Waals surface area contributed by atoms with E-state index < -0.39 is 17.6 Å². The number of benzene rings is 2. The van der Waals surface area contributed by atoms with Crippen molar-refractivity contribution in [2.24, 2.45) is 5.10 Å². The zero-order chi connectivity index (χ0) is 23.7. The lowest BCUT2D eigenvalue weighted by Gasteiger charge is -2.46. The van der Waals surface area contributed by atoms with Gasteiger partial charge in [0.2, 0.25) is 5.91 Å². The molecule has 0 saturated heterocycles. The molecule has 0 fully saturated rings. The molecule has 3 rings (SSSR count). The van der Waals surface area contributed by atoms with Crippen LogP contribution in [0, 0.1) is 0 Å². The summed E-state index contributed by atoms with van der Waals surface area (Å²) in [5.74, 6) is -0.484. The van der Waals surface area contributed by atoms with Crippen LogP contribution in [0.25, 0.3) is 5.57 Å². The van der Waals surface area contributed by atoms with E-state index in [4.69, 9.17) is 0 Å². The van der Waals surface area contributed by atoms with Crippen LogP contribution in [0.3, 0.4) is 0 Å². The van der Waals surface area contributed by atoms with Gasteiger partial charge in [-0.3, -0.25) is 4.79 Å². The summed E-state index contributed by atoms with van der Waals surface area (Å²) in [7, 11) is 0. The predicted molar refractivity (Wildman–Crippen MR) is 123 cm³/mol. The van der Waals surface area contributed by atoms with Crippen molar-refractivity contribution in [1.82, 2.24) is 5.43 Å². The van der Waals surface area contributed by atoms with Crippen LogP contribution in [0.2, 0.25) is 0 Å². The van der Waals surface area contributed by atoms with E-state index in [1.54, 1.807) is 0 Å². The zero-order valence-electron chi connectivity index (χ0n) is 18.9. The molecule has 7 heteroatoms. The summed E-state index contributed by atoms with van der Waals surface area (Å²) in [6.45, 7) is 10.8. The maximum absolute atomic E-state index is 12.8. The Labute approximate surface area is 186 Å². The van der Waals surface area contributed by atoms with Gasteiger partial charge in [0.25, 0.3) is 0 Å². The summed E-state index contributed by atoms with van der Waals surface area (Å²) in [6, 6.07) is 11.1. The average Bonchev–Trinajstić information content (AvgIpc) is 2.67. The molecular weight excluding hydrogens is 415 g/mol. The van der Waals surface area contributed by atoms with Crippen molar-refractivity contribution >= 4 is 23.4 Å². The summed E-state index contributed by atoms with van der Waals surface area (Å²) in [6.07, 6.45) is -0.847. The molecule has 1 aliphatic rings. The van der Waals surface area contributed by atoms with E-state index in [9.17, 15) is 18.0 Å². The molecule has 170 valence electrons. The third-order valence-electron chi connectivity index (χ3n) is 5.43. The van der Waals surface area contributed by atoms with Gasteiger partial charge >= 0.3 is 6.18 Å². The highest BCUT2D eigenvalue weighted by Gasteiger charge is 2.33. The van der Waals surface area contributed by atoms with Gasteiger partial charge in [-0.1, -0.05) is 30.3 Å². The minimum absolute atomic E-state index is 0.0990. The second kappa shape index (κ2) is 8.81.